The number of carbonyl (C=O) groups excluding carboxylic acids is 1. The van der Waals surface area contributed by atoms with E-state index in [2.05, 4.69) is 17.4 Å². The van der Waals surface area contributed by atoms with Crippen molar-refractivity contribution in [3.05, 3.63) is 52.1 Å². The molecule has 0 bridgehead atoms. The number of phenolic OH excluding ortho intramolecular Hbond substituents is 1. The largest absolute Gasteiger partial charge is 0.508 e. The summed E-state index contributed by atoms with van der Waals surface area (Å²) < 4.78 is 5.65. The van der Waals surface area contributed by atoms with E-state index in [1.807, 2.05) is 13.0 Å². The monoisotopic (exact) mass is 323 g/mol. The molecule has 0 aromatic heterocycles. The molecule has 0 unspecified atom stereocenters. The number of nitrogens with one attached hydrogen (secondary N) is 1. The first-order chi connectivity index (χ1) is 11.6. The molecule has 1 aliphatic carbocycles. The Morgan fingerprint density at radius 3 is 2.62 bits per heavy atom. The molecule has 0 saturated heterocycles. The molecule has 1 heterocycles. The first-order valence-electron chi connectivity index (χ1n) is 8.40. The van der Waals surface area contributed by atoms with E-state index in [0.717, 1.165) is 35.3 Å². The predicted molar refractivity (Wildman–Crippen MR) is 93.0 cm³/mol. The van der Waals surface area contributed by atoms with Crippen molar-refractivity contribution in [1.29, 1.82) is 0 Å². The summed E-state index contributed by atoms with van der Waals surface area (Å²) in [6, 6.07) is 7.98. The maximum absolute atomic E-state index is 12.2. The first-order valence-corrected chi connectivity index (χ1v) is 8.40. The van der Waals surface area contributed by atoms with Crippen LogP contribution in [0.3, 0.4) is 0 Å². The zero-order valence-corrected chi connectivity index (χ0v) is 14.0. The molecule has 2 N–H and O–H groups in total. The second-order valence-corrected chi connectivity index (χ2v) is 6.75. The summed E-state index contributed by atoms with van der Waals surface area (Å²) in [5, 5.41) is 12.8. The van der Waals surface area contributed by atoms with Crippen LogP contribution < -0.4 is 10.1 Å². The van der Waals surface area contributed by atoms with Gasteiger partial charge in [-0.15, -0.1) is 0 Å². The molecule has 1 atom stereocenters. The SMILES string of the molecule is COc1cc2c(cc1[C@H]1CC(=O)Nc3cc(O)c(C)cc31)CCC2. The molecule has 1 aliphatic heterocycles. The van der Waals surface area contributed by atoms with Gasteiger partial charge in [-0.2, -0.15) is 0 Å². The zero-order valence-electron chi connectivity index (χ0n) is 14.0. The number of carbonyl (C=O) groups is 1. The fourth-order valence-electron chi connectivity index (χ4n) is 3.96. The standard InChI is InChI=1S/C20H21NO3/c1-11-6-15-14(9-20(23)21-17(15)10-18(11)22)16-7-12-4-3-5-13(12)8-19(16)24-2/h6-8,10,14,22H,3-5,9H2,1-2H3,(H,21,23)/t14-/m0/s1. The van der Waals surface area contributed by atoms with E-state index in [1.165, 1.54) is 17.5 Å². The van der Waals surface area contributed by atoms with Gasteiger partial charge in [0.15, 0.2) is 0 Å². The van der Waals surface area contributed by atoms with Gasteiger partial charge >= 0.3 is 0 Å². The smallest absolute Gasteiger partial charge is 0.225 e. The van der Waals surface area contributed by atoms with Gasteiger partial charge < -0.3 is 15.2 Å². The lowest BCUT2D eigenvalue weighted by molar-refractivity contribution is -0.116. The first kappa shape index (κ1) is 15.1. The Labute approximate surface area is 141 Å². The highest BCUT2D eigenvalue weighted by Crippen LogP contribution is 2.44. The number of benzene rings is 2. The molecule has 4 nitrogen and oxygen atoms in total. The maximum Gasteiger partial charge on any atom is 0.225 e. The summed E-state index contributed by atoms with van der Waals surface area (Å²) in [5.74, 6) is 0.981. The lowest BCUT2D eigenvalue weighted by Crippen LogP contribution is -2.24. The number of aryl methyl sites for hydroxylation is 3. The van der Waals surface area contributed by atoms with E-state index in [4.69, 9.17) is 4.74 Å². The van der Waals surface area contributed by atoms with Crippen LogP contribution in [0.1, 0.15) is 46.6 Å². The Kier molecular flexibility index (Phi) is 3.48. The summed E-state index contributed by atoms with van der Waals surface area (Å²) in [7, 11) is 1.69. The van der Waals surface area contributed by atoms with E-state index < -0.39 is 0 Å². The number of fused-ring (bicyclic) bond motifs is 2. The highest BCUT2D eigenvalue weighted by molar-refractivity contribution is 5.96. The number of aromatic hydroxyl groups is 1. The van der Waals surface area contributed by atoms with Gasteiger partial charge in [0.1, 0.15) is 11.5 Å². The molecule has 1 amide bonds. The topological polar surface area (TPSA) is 58.6 Å². The summed E-state index contributed by atoms with van der Waals surface area (Å²) >= 11 is 0. The predicted octanol–water partition coefficient (Wildman–Crippen LogP) is 3.67. The van der Waals surface area contributed by atoms with Gasteiger partial charge in [0.25, 0.3) is 0 Å². The van der Waals surface area contributed by atoms with Crippen LogP contribution >= 0.6 is 0 Å². The molecule has 2 aromatic rings. The normalized spacial score (nSPS) is 18.8. The molecule has 124 valence electrons. The lowest BCUT2D eigenvalue weighted by Gasteiger charge is -2.28. The summed E-state index contributed by atoms with van der Waals surface area (Å²) in [5.41, 5.74) is 6.35. The van der Waals surface area contributed by atoms with Gasteiger partial charge in [0.05, 0.1) is 7.11 Å². The average Bonchev–Trinajstić information content (AvgIpc) is 3.01. The van der Waals surface area contributed by atoms with Crippen molar-refractivity contribution in [2.75, 3.05) is 12.4 Å². The highest BCUT2D eigenvalue weighted by atomic mass is 16.5. The van der Waals surface area contributed by atoms with E-state index in [-0.39, 0.29) is 17.6 Å². The molecule has 4 rings (SSSR count). The summed E-state index contributed by atoms with van der Waals surface area (Å²) in [6.07, 6.45) is 3.76. The third kappa shape index (κ3) is 2.33. The number of phenols is 1. The molecule has 2 aliphatic rings. The molecule has 0 radical (unpaired) electrons. The minimum atomic E-state index is -0.0473. The minimum Gasteiger partial charge on any atom is -0.508 e. The van der Waals surface area contributed by atoms with Crippen LogP contribution in [-0.2, 0) is 17.6 Å². The van der Waals surface area contributed by atoms with E-state index in [9.17, 15) is 9.90 Å². The van der Waals surface area contributed by atoms with Crippen molar-refractivity contribution >= 4 is 11.6 Å². The number of methoxy groups -OCH3 is 1. The molecule has 24 heavy (non-hydrogen) atoms. The van der Waals surface area contributed by atoms with Gasteiger partial charge in [-0.25, -0.2) is 0 Å². The third-order valence-electron chi connectivity index (χ3n) is 5.23. The molecule has 0 fully saturated rings. The Balaban J connectivity index is 1.89. The van der Waals surface area contributed by atoms with Gasteiger partial charge in [0.2, 0.25) is 5.91 Å². The molecule has 2 aromatic carbocycles. The highest BCUT2D eigenvalue weighted by Gasteiger charge is 2.30. The quantitative estimate of drug-likeness (QED) is 0.886. The van der Waals surface area contributed by atoms with Crippen molar-refractivity contribution in [2.45, 2.75) is 38.5 Å². The van der Waals surface area contributed by atoms with Crippen molar-refractivity contribution in [3.63, 3.8) is 0 Å². The van der Waals surface area contributed by atoms with Crippen LogP contribution in [0.4, 0.5) is 5.69 Å². The molecular formula is C20H21NO3. The Hall–Kier alpha value is -2.49. The van der Waals surface area contributed by atoms with Crippen molar-refractivity contribution < 1.29 is 14.6 Å². The number of rotatable bonds is 2. The molecule has 0 spiro atoms. The minimum absolute atomic E-state index is 0.0293. The Morgan fingerprint density at radius 2 is 1.88 bits per heavy atom. The van der Waals surface area contributed by atoms with E-state index in [0.29, 0.717) is 12.1 Å². The zero-order chi connectivity index (χ0) is 16.8. The third-order valence-corrected chi connectivity index (χ3v) is 5.23. The van der Waals surface area contributed by atoms with Gasteiger partial charge in [-0.3, -0.25) is 4.79 Å². The van der Waals surface area contributed by atoms with Crippen LogP contribution in [0.2, 0.25) is 0 Å². The number of hydrogen-bond acceptors (Lipinski definition) is 3. The number of anilines is 1. The Morgan fingerprint density at radius 1 is 1.12 bits per heavy atom. The number of hydrogen-bond donors (Lipinski definition) is 2. The second kappa shape index (κ2) is 5.55. The number of amides is 1. The van der Waals surface area contributed by atoms with Crippen LogP contribution in [0.5, 0.6) is 11.5 Å². The van der Waals surface area contributed by atoms with Gasteiger partial charge in [0, 0.05) is 29.7 Å². The van der Waals surface area contributed by atoms with Crippen LogP contribution in [-0.4, -0.2) is 18.1 Å². The van der Waals surface area contributed by atoms with Crippen LogP contribution in [0, 0.1) is 6.92 Å². The number of ether oxygens (including phenoxy) is 1. The second-order valence-electron chi connectivity index (χ2n) is 6.75. The fraction of sp³-hybridized carbons (Fsp3) is 0.350. The molecule has 0 saturated carbocycles. The summed E-state index contributed by atoms with van der Waals surface area (Å²) in [4.78, 5) is 12.2. The maximum atomic E-state index is 12.2. The lowest BCUT2D eigenvalue weighted by atomic mass is 9.82. The van der Waals surface area contributed by atoms with Crippen molar-refractivity contribution in [3.8, 4) is 11.5 Å². The summed E-state index contributed by atoms with van der Waals surface area (Å²) in [6.45, 7) is 1.88. The molecular weight excluding hydrogens is 302 g/mol. The van der Waals surface area contributed by atoms with Crippen molar-refractivity contribution in [1.82, 2.24) is 0 Å². The fourth-order valence-corrected chi connectivity index (χ4v) is 3.96. The van der Waals surface area contributed by atoms with Crippen LogP contribution in [0.25, 0.3) is 0 Å². The van der Waals surface area contributed by atoms with Crippen molar-refractivity contribution in [2.24, 2.45) is 0 Å². The Bertz CT molecular complexity index is 841. The van der Waals surface area contributed by atoms with E-state index in [1.54, 1.807) is 13.2 Å². The van der Waals surface area contributed by atoms with Gasteiger partial charge in [-0.1, -0.05) is 6.07 Å². The average molecular weight is 323 g/mol. The molecule has 4 heteroatoms. The van der Waals surface area contributed by atoms with Gasteiger partial charge in [-0.05, 0) is 60.6 Å². The van der Waals surface area contributed by atoms with E-state index >= 15 is 0 Å². The van der Waals surface area contributed by atoms with Crippen LogP contribution in [0.15, 0.2) is 24.3 Å².